The number of benzene rings is 2. The number of nitrogens with zero attached hydrogens (tertiary/aromatic N) is 1. The van der Waals surface area contributed by atoms with E-state index in [2.05, 4.69) is 5.32 Å². The standard InChI is InChI=1S/C21H18Cl2N2O8/c1-30-15-4-10(5-16(31-2)19(15)32-3)24-17(26)9-33-18(27)8-25-20(28)11-6-13(22)14(23)7-12(11)21(25)29/h4-7H,8-9H2,1-3H3,(H,24,26). The van der Waals surface area contributed by atoms with Crippen molar-refractivity contribution < 1.29 is 38.1 Å². The van der Waals surface area contributed by atoms with E-state index in [1.165, 1.54) is 45.6 Å². The van der Waals surface area contributed by atoms with Crippen LogP contribution >= 0.6 is 23.2 Å². The van der Waals surface area contributed by atoms with E-state index >= 15 is 0 Å². The molecule has 0 fully saturated rings. The van der Waals surface area contributed by atoms with Crippen LogP contribution in [0, 0.1) is 0 Å². The highest BCUT2D eigenvalue weighted by molar-refractivity contribution is 6.43. The summed E-state index contributed by atoms with van der Waals surface area (Å²) in [6.07, 6.45) is 0. The summed E-state index contributed by atoms with van der Waals surface area (Å²) in [4.78, 5) is 49.9. The van der Waals surface area contributed by atoms with E-state index in [0.717, 1.165) is 0 Å². The van der Waals surface area contributed by atoms with Crippen molar-refractivity contribution in [1.29, 1.82) is 0 Å². The molecule has 0 unspecified atom stereocenters. The lowest BCUT2D eigenvalue weighted by molar-refractivity contribution is -0.147. The van der Waals surface area contributed by atoms with Crippen LogP contribution in [-0.4, -0.2) is 63.1 Å². The number of nitrogens with one attached hydrogen (secondary N) is 1. The van der Waals surface area contributed by atoms with Gasteiger partial charge in [0, 0.05) is 17.8 Å². The zero-order valence-corrected chi connectivity index (χ0v) is 19.2. The first-order valence-electron chi connectivity index (χ1n) is 9.30. The molecule has 1 N–H and O–H groups in total. The number of hydrogen-bond acceptors (Lipinski definition) is 8. The average Bonchev–Trinajstić information content (AvgIpc) is 3.01. The van der Waals surface area contributed by atoms with Crippen LogP contribution in [0.4, 0.5) is 5.69 Å². The van der Waals surface area contributed by atoms with Gasteiger partial charge < -0.3 is 24.3 Å². The second-order valence-corrected chi connectivity index (χ2v) is 7.45. The molecular formula is C21H18Cl2N2O8. The van der Waals surface area contributed by atoms with Crippen LogP contribution in [0.15, 0.2) is 24.3 Å². The molecule has 0 saturated carbocycles. The highest BCUT2D eigenvalue weighted by Crippen LogP contribution is 2.40. The van der Waals surface area contributed by atoms with E-state index in [9.17, 15) is 19.2 Å². The Hall–Kier alpha value is -3.50. The molecule has 2 aromatic rings. The van der Waals surface area contributed by atoms with Gasteiger partial charge in [-0.05, 0) is 12.1 Å². The zero-order chi connectivity index (χ0) is 24.3. The predicted octanol–water partition coefficient (Wildman–Crippen LogP) is 2.80. The molecule has 12 heteroatoms. The van der Waals surface area contributed by atoms with Gasteiger partial charge in [-0.2, -0.15) is 0 Å². The number of carbonyl (C=O) groups is 4. The quantitative estimate of drug-likeness (QED) is 0.437. The van der Waals surface area contributed by atoms with Gasteiger partial charge in [-0.1, -0.05) is 23.2 Å². The van der Waals surface area contributed by atoms with Crippen molar-refractivity contribution >= 4 is 52.6 Å². The smallest absolute Gasteiger partial charge is 0.326 e. The maximum atomic E-state index is 12.4. The Balaban J connectivity index is 1.60. The van der Waals surface area contributed by atoms with Crippen LogP contribution in [0.2, 0.25) is 10.0 Å². The third kappa shape index (κ3) is 4.96. The Kier molecular flexibility index (Phi) is 7.29. The molecule has 0 aromatic heterocycles. The number of halogens is 2. The molecule has 2 aromatic carbocycles. The second-order valence-electron chi connectivity index (χ2n) is 6.63. The van der Waals surface area contributed by atoms with Crippen molar-refractivity contribution in [2.24, 2.45) is 0 Å². The number of hydrogen-bond donors (Lipinski definition) is 1. The summed E-state index contributed by atoms with van der Waals surface area (Å²) in [6, 6.07) is 5.51. The number of ether oxygens (including phenoxy) is 4. The maximum absolute atomic E-state index is 12.4. The molecule has 0 aliphatic carbocycles. The lowest BCUT2D eigenvalue weighted by Crippen LogP contribution is -2.36. The average molecular weight is 497 g/mol. The lowest BCUT2D eigenvalue weighted by Gasteiger charge is -2.15. The molecule has 0 radical (unpaired) electrons. The van der Waals surface area contributed by atoms with Crippen LogP contribution in [-0.2, 0) is 14.3 Å². The van der Waals surface area contributed by atoms with Crippen LogP contribution in [0.3, 0.4) is 0 Å². The first-order chi connectivity index (χ1) is 15.7. The summed E-state index contributed by atoms with van der Waals surface area (Å²) < 4.78 is 20.5. The molecule has 0 bridgehead atoms. The van der Waals surface area contributed by atoms with Crippen LogP contribution < -0.4 is 19.5 Å². The topological polar surface area (TPSA) is 120 Å². The first kappa shape index (κ1) is 24.1. The van der Waals surface area contributed by atoms with Crippen LogP contribution in [0.5, 0.6) is 17.2 Å². The molecule has 1 aliphatic rings. The van der Waals surface area contributed by atoms with Gasteiger partial charge in [0.05, 0.1) is 42.5 Å². The minimum Gasteiger partial charge on any atom is -0.493 e. The third-order valence-corrected chi connectivity index (χ3v) is 5.33. The number of methoxy groups -OCH3 is 3. The fourth-order valence-corrected chi connectivity index (χ4v) is 3.43. The lowest BCUT2D eigenvalue weighted by atomic mass is 10.1. The Bertz CT molecular complexity index is 1090. The van der Waals surface area contributed by atoms with Gasteiger partial charge in [0.25, 0.3) is 17.7 Å². The predicted molar refractivity (Wildman–Crippen MR) is 118 cm³/mol. The summed E-state index contributed by atoms with van der Waals surface area (Å²) >= 11 is 11.8. The number of amides is 3. The first-order valence-corrected chi connectivity index (χ1v) is 10.1. The van der Waals surface area contributed by atoms with Crippen molar-refractivity contribution in [3.63, 3.8) is 0 Å². The monoisotopic (exact) mass is 496 g/mol. The molecule has 0 spiro atoms. The summed E-state index contributed by atoms with van der Waals surface area (Å²) in [6.45, 7) is -1.34. The number of fused-ring (bicyclic) bond motifs is 1. The minimum atomic E-state index is -0.957. The van der Waals surface area contributed by atoms with Gasteiger partial charge in [0.2, 0.25) is 5.75 Å². The molecular weight excluding hydrogens is 479 g/mol. The zero-order valence-electron chi connectivity index (χ0n) is 17.7. The SMILES string of the molecule is COc1cc(NC(=O)COC(=O)CN2C(=O)c3cc(Cl)c(Cl)cc3C2=O)cc(OC)c1OC. The Morgan fingerprint density at radius 1 is 0.879 bits per heavy atom. The summed E-state index contributed by atoms with van der Waals surface area (Å²) in [5.74, 6) is -2.09. The van der Waals surface area contributed by atoms with Crippen molar-refractivity contribution in [2.45, 2.75) is 0 Å². The molecule has 33 heavy (non-hydrogen) atoms. The normalized spacial score (nSPS) is 12.3. The van der Waals surface area contributed by atoms with Crippen LogP contribution in [0.1, 0.15) is 20.7 Å². The number of carbonyl (C=O) groups excluding carboxylic acids is 4. The van der Waals surface area contributed by atoms with Crippen molar-refractivity contribution in [3.05, 3.63) is 45.4 Å². The van der Waals surface area contributed by atoms with E-state index in [1.54, 1.807) is 0 Å². The number of anilines is 1. The van der Waals surface area contributed by atoms with E-state index < -0.39 is 36.8 Å². The minimum absolute atomic E-state index is 0.0299. The summed E-state index contributed by atoms with van der Waals surface area (Å²) in [5, 5.41) is 2.73. The maximum Gasteiger partial charge on any atom is 0.326 e. The highest BCUT2D eigenvalue weighted by Gasteiger charge is 2.37. The van der Waals surface area contributed by atoms with Gasteiger partial charge in [0.15, 0.2) is 18.1 Å². The van der Waals surface area contributed by atoms with Crippen molar-refractivity contribution in [2.75, 3.05) is 39.8 Å². The Morgan fingerprint density at radius 3 is 1.85 bits per heavy atom. The summed E-state index contributed by atoms with van der Waals surface area (Å²) in [5.41, 5.74) is 0.365. The molecule has 0 saturated heterocycles. The van der Waals surface area contributed by atoms with Crippen LogP contribution in [0.25, 0.3) is 0 Å². The molecule has 174 valence electrons. The Morgan fingerprint density at radius 2 is 1.39 bits per heavy atom. The van der Waals surface area contributed by atoms with Crippen molar-refractivity contribution in [1.82, 2.24) is 4.90 Å². The molecule has 0 atom stereocenters. The summed E-state index contributed by atoms with van der Waals surface area (Å²) in [7, 11) is 4.28. The van der Waals surface area contributed by atoms with Gasteiger partial charge in [-0.3, -0.25) is 24.1 Å². The van der Waals surface area contributed by atoms with E-state index in [-0.39, 0.29) is 21.2 Å². The molecule has 3 rings (SSSR count). The number of esters is 1. The second kappa shape index (κ2) is 9.97. The highest BCUT2D eigenvalue weighted by atomic mass is 35.5. The number of rotatable bonds is 8. The Labute approximate surface area is 198 Å². The molecule has 1 heterocycles. The van der Waals surface area contributed by atoms with E-state index in [4.69, 9.17) is 42.1 Å². The van der Waals surface area contributed by atoms with Gasteiger partial charge in [0.1, 0.15) is 6.54 Å². The van der Waals surface area contributed by atoms with E-state index in [1.807, 2.05) is 0 Å². The third-order valence-electron chi connectivity index (χ3n) is 4.61. The fourth-order valence-electron chi connectivity index (χ4n) is 3.10. The van der Waals surface area contributed by atoms with Gasteiger partial charge >= 0.3 is 5.97 Å². The van der Waals surface area contributed by atoms with Gasteiger partial charge in [-0.25, -0.2) is 0 Å². The fraction of sp³-hybridized carbons (Fsp3) is 0.238. The molecule has 1 aliphatic heterocycles. The van der Waals surface area contributed by atoms with E-state index in [0.29, 0.717) is 27.8 Å². The molecule has 10 nitrogen and oxygen atoms in total. The van der Waals surface area contributed by atoms with Gasteiger partial charge in [-0.15, -0.1) is 0 Å². The largest absolute Gasteiger partial charge is 0.493 e. The molecule has 3 amide bonds. The van der Waals surface area contributed by atoms with Crippen molar-refractivity contribution in [3.8, 4) is 17.2 Å². The number of imide groups is 1.